The van der Waals surface area contributed by atoms with Gasteiger partial charge in [-0.05, 0) is 94.5 Å². The third-order valence-corrected chi connectivity index (χ3v) is 6.88. The van der Waals surface area contributed by atoms with Crippen molar-refractivity contribution in [3.05, 3.63) is 96.4 Å². The number of ether oxygens (including phenoxy) is 1. The third kappa shape index (κ3) is 5.50. The molecule has 1 saturated heterocycles. The second kappa shape index (κ2) is 10.4. The number of urea groups is 1. The van der Waals surface area contributed by atoms with Gasteiger partial charge in [0.2, 0.25) is 0 Å². The average molecular weight is 619 g/mol. The maximum Gasteiger partial charge on any atom is 0.335 e. The Hall–Kier alpha value is -2.94. The van der Waals surface area contributed by atoms with Gasteiger partial charge < -0.3 is 4.74 Å². The van der Waals surface area contributed by atoms with Gasteiger partial charge in [-0.15, -0.1) is 0 Å². The highest BCUT2D eigenvalue weighted by Gasteiger charge is 2.37. The minimum Gasteiger partial charge on any atom is -0.486 e. The molecule has 1 heterocycles. The van der Waals surface area contributed by atoms with E-state index in [1.54, 1.807) is 24.3 Å². The van der Waals surface area contributed by atoms with Crippen LogP contribution in [-0.2, 0) is 16.2 Å². The molecule has 0 atom stereocenters. The molecule has 6 nitrogen and oxygen atoms in total. The van der Waals surface area contributed by atoms with E-state index in [0.29, 0.717) is 33.1 Å². The third-order valence-electron chi connectivity index (χ3n) is 5.48. The molecule has 3 aromatic rings. The van der Waals surface area contributed by atoms with E-state index in [0.717, 1.165) is 26.1 Å². The fourth-order valence-electron chi connectivity index (χ4n) is 3.46. The Morgan fingerprint density at radius 1 is 0.971 bits per heavy atom. The lowest BCUT2D eigenvalue weighted by atomic mass is 10.0. The molecular formula is C26H19Br2ClN2O4. The van der Waals surface area contributed by atoms with Crippen molar-refractivity contribution in [2.24, 2.45) is 0 Å². The predicted molar refractivity (Wildman–Crippen MR) is 143 cm³/mol. The first kappa shape index (κ1) is 25.2. The number of anilines is 1. The Balaban J connectivity index is 1.61. The van der Waals surface area contributed by atoms with Crippen LogP contribution in [0, 0.1) is 13.8 Å². The molecule has 35 heavy (non-hydrogen) atoms. The average Bonchev–Trinajstić information content (AvgIpc) is 2.79. The molecule has 178 valence electrons. The van der Waals surface area contributed by atoms with Crippen molar-refractivity contribution in [2.75, 3.05) is 4.90 Å². The SMILES string of the molecule is Cc1ccc(N2C(=O)NC(=O)/C(=C\c3cc(Cl)c(OCc4ccc(Br)cc4)c(Br)c3)C2=O)cc1C. The van der Waals surface area contributed by atoms with Crippen molar-refractivity contribution in [3.63, 3.8) is 0 Å². The second-order valence-corrected chi connectivity index (χ2v) is 10.1. The van der Waals surface area contributed by atoms with Crippen molar-refractivity contribution >= 4 is 73.1 Å². The molecule has 0 spiro atoms. The molecule has 0 aromatic heterocycles. The molecule has 4 rings (SSSR count). The number of aryl methyl sites for hydroxylation is 2. The molecule has 4 amide bonds. The molecule has 9 heteroatoms. The summed E-state index contributed by atoms with van der Waals surface area (Å²) in [4.78, 5) is 39.1. The first-order valence-corrected chi connectivity index (χ1v) is 12.5. The Morgan fingerprint density at radius 2 is 1.69 bits per heavy atom. The van der Waals surface area contributed by atoms with Gasteiger partial charge in [0, 0.05) is 4.47 Å². The summed E-state index contributed by atoms with van der Waals surface area (Å²) in [5.41, 5.74) is 3.58. The zero-order valence-electron chi connectivity index (χ0n) is 18.7. The molecule has 1 aliphatic rings. The highest BCUT2D eigenvalue weighted by atomic mass is 79.9. The summed E-state index contributed by atoms with van der Waals surface area (Å²) in [6.07, 6.45) is 1.40. The monoisotopic (exact) mass is 616 g/mol. The fourth-order valence-corrected chi connectivity index (χ4v) is 4.71. The van der Waals surface area contributed by atoms with E-state index in [-0.39, 0.29) is 5.57 Å². The minimum absolute atomic E-state index is 0.186. The van der Waals surface area contributed by atoms with Crippen LogP contribution in [0.2, 0.25) is 5.02 Å². The zero-order valence-corrected chi connectivity index (χ0v) is 22.6. The summed E-state index contributed by atoms with van der Waals surface area (Å²) < 4.78 is 7.40. The number of carbonyl (C=O) groups excluding carboxylic acids is 3. The summed E-state index contributed by atoms with van der Waals surface area (Å²) in [6, 6.07) is 15.4. The molecule has 0 bridgehead atoms. The summed E-state index contributed by atoms with van der Waals surface area (Å²) >= 11 is 13.3. The number of hydrogen-bond donors (Lipinski definition) is 1. The van der Waals surface area contributed by atoms with Crippen molar-refractivity contribution in [1.82, 2.24) is 5.32 Å². The van der Waals surface area contributed by atoms with Gasteiger partial charge in [0.05, 0.1) is 15.2 Å². The van der Waals surface area contributed by atoms with Crippen molar-refractivity contribution < 1.29 is 19.1 Å². The molecule has 1 fully saturated rings. The maximum absolute atomic E-state index is 13.2. The van der Waals surface area contributed by atoms with Gasteiger partial charge in [0.1, 0.15) is 12.2 Å². The number of amides is 4. The second-order valence-electron chi connectivity index (χ2n) is 7.96. The smallest absolute Gasteiger partial charge is 0.335 e. The van der Waals surface area contributed by atoms with E-state index in [4.69, 9.17) is 16.3 Å². The van der Waals surface area contributed by atoms with E-state index in [1.807, 2.05) is 44.2 Å². The fraction of sp³-hybridized carbons (Fsp3) is 0.115. The normalized spacial score (nSPS) is 14.9. The summed E-state index contributed by atoms with van der Waals surface area (Å²) in [5, 5.41) is 2.53. The van der Waals surface area contributed by atoms with Gasteiger partial charge in [-0.1, -0.05) is 45.7 Å². The van der Waals surface area contributed by atoms with E-state index in [2.05, 4.69) is 37.2 Å². The summed E-state index contributed by atoms with van der Waals surface area (Å²) in [7, 11) is 0. The largest absolute Gasteiger partial charge is 0.486 e. The number of rotatable bonds is 5. The van der Waals surface area contributed by atoms with Crippen LogP contribution in [0.4, 0.5) is 10.5 Å². The van der Waals surface area contributed by atoms with E-state index in [1.165, 1.54) is 6.08 Å². The number of halogens is 3. The lowest BCUT2D eigenvalue weighted by Gasteiger charge is -2.27. The lowest BCUT2D eigenvalue weighted by molar-refractivity contribution is -0.122. The Bertz CT molecular complexity index is 1360. The number of hydrogen-bond acceptors (Lipinski definition) is 4. The van der Waals surface area contributed by atoms with Crippen LogP contribution in [0.15, 0.2) is 69.1 Å². The topological polar surface area (TPSA) is 75.7 Å². The van der Waals surface area contributed by atoms with Crippen LogP contribution in [0.3, 0.4) is 0 Å². The standard InChI is InChI=1S/C26H19Br2ClN2O4/c1-14-3-8-19(9-15(14)2)31-25(33)20(24(32)30-26(31)34)10-17-11-21(28)23(22(29)12-17)35-13-16-4-6-18(27)7-5-16/h3-12H,13H2,1-2H3,(H,30,32,34)/b20-10+. The van der Waals surface area contributed by atoms with Crippen LogP contribution in [0.25, 0.3) is 6.08 Å². The molecule has 0 radical (unpaired) electrons. The number of carbonyl (C=O) groups is 3. The lowest BCUT2D eigenvalue weighted by Crippen LogP contribution is -2.54. The minimum atomic E-state index is -0.795. The molecule has 0 unspecified atom stereocenters. The van der Waals surface area contributed by atoms with Gasteiger partial charge in [0.15, 0.2) is 5.75 Å². The van der Waals surface area contributed by atoms with Crippen LogP contribution < -0.4 is 15.0 Å². The predicted octanol–water partition coefficient (Wildman–Crippen LogP) is 6.73. The molecular weight excluding hydrogens is 600 g/mol. The quantitative estimate of drug-likeness (QED) is 0.254. The summed E-state index contributed by atoms with van der Waals surface area (Å²) in [6.45, 7) is 4.12. The Morgan fingerprint density at radius 3 is 2.34 bits per heavy atom. The van der Waals surface area contributed by atoms with Crippen LogP contribution in [0.5, 0.6) is 5.75 Å². The molecule has 1 aliphatic heterocycles. The van der Waals surface area contributed by atoms with Crippen molar-refractivity contribution in [2.45, 2.75) is 20.5 Å². The molecule has 1 N–H and O–H groups in total. The van der Waals surface area contributed by atoms with E-state index in [9.17, 15) is 14.4 Å². The number of nitrogens with one attached hydrogen (secondary N) is 1. The Labute approximate surface area is 224 Å². The van der Waals surface area contributed by atoms with Gasteiger partial charge in [-0.2, -0.15) is 0 Å². The molecule has 0 aliphatic carbocycles. The van der Waals surface area contributed by atoms with Crippen molar-refractivity contribution in [3.8, 4) is 5.75 Å². The van der Waals surface area contributed by atoms with Gasteiger partial charge >= 0.3 is 6.03 Å². The summed E-state index contributed by atoms with van der Waals surface area (Å²) in [5.74, 6) is -1.06. The van der Waals surface area contributed by atoms with Gasteiger partial charge in [-0.3, -0.25) is 14.9 Å². The van der Waals surface area contributed by atoms with Gasteiger partial charge in [0.25, 0.3) is 11.8 Å². The first-order chi connectivity index (χ1) is 16.6. The van der Waals surface area contributed by atoms with Crippen LogP contribution in [-0.4, -0.2) is 17.8 Å². The van der Waals surface area contributed by atoms with Crippen LogP contribution >= 0.6 is 43.5 Å². The Kier molecular flexibility index (Phi) is 7.44. The zero-order chi connectivity index (χ0) is 25.3. The molecule has 0 saturated carbocycles. The maximum atomic E-state index is 13.2. The first-order valence-electron chi connectivity index (χ1n) is 10.5. The van der Waals surface area contributed by atoms with Crippen molar-refractivity contribution in [1.29, 1.82) is 0 Å². The number of barbiturate groups is 1. The van der Waals surface area contributed by atoms with Gasteiger partial charge in [-0.25, -0.2) is 9.69 Å². The highest BCUT2D eigenvalue weighted by molar-refractivity contribution is 9.10. The number of nitrogens with zero attached hydrogens (tertiary/aromatic N) is 1. The van der Waals surface area contributed by atoms with E-state index >= 15 is 0 Å². The van der Waals surface area contributed by atoms with E-state index < -0.39 is 17.8 Å². The van der Waals surface area contributed by atoms with Crippen LogP contribution in [0.1, 0.15) is 22.3 Å². The number of benzene rings is 3. The number of imide groups is 2. The highest BCUT2D eigenvalue weighted by Crippen LogP contribution is 2.36. The molecule has 3 aromatic carbocycles.